The third kappa shape index (κ3) is 5.48. The van der Waals surface area contributed by atoms with Crippen LogP contribution in [0, 0.1) is 11.3 Å². The SMILES string of the molecule is CCCCCOCCC(C)(C#N)NC1CC1. The minimum atomic E-state index is -0.397. The molecule has 1 unspecified atom stereocenters. The Labute approximate surface area is 99.2 Å². The van der Waals surface area contributed by atoms with E-state index in [4.69, 9.17) is 10.00 Å². The van der Waals surface area contributed by atoms with Crippen molar-refractivity contribution >= 4 is 0 Å². The van der Waals surface area contributed by atoms with Gasteiger partial charge in [0.25, 0.3) is 0 Å². The molecule has 0 bridgehead atoms. The monoisotopic (exact) mass is 224 g/mol. The number of nitrogens with zero attached hydrogens (tertiary/aromatic N) is 1. The molecule has 0 amide bonds. The summed E-state index contributed by atoms with van der Waals surface area (Å²) in [6, 6.07) is 2.93. The summed E-state index contributed by atoms with van der Waals surface area (Å²) in [5, 5.41) is 12.5. The first-order chi connectivity index (χ1) is 7.70. The molecule has 92 valence electrons. The zero-order valence-electron chi connectivity index (χ0n) is 10.6. The third-order valence-electron chi connectivity index (χ3n) is 2.99. The smallest absolute Gasteiger partial charge is 0.106 e. The number of rotatable bonds is 9. The second-order valence-corrected chi connectivity index (χ2v) is 4.93. The van der Waals surface area contributed by atoms with Crippen LogP contribution in [-0.4, -0.2) is 24.8 Å². The lowest BCUT2D eigenvalue weighted by molar-refractivity contribution is 0.114. The van der Waals surface area contributed by atoms with Crippen molar-refractivity contribution in [3.05, 3.63) is 0 Å². The Morgan fingerprint density at radius 3 is 2.69 bits per heavy atom. The molecule has 3 nitrogen and oxygen atoms in total. The maximum absolute atomic E-state index is 9.13. The fraction of sp³-hybridized carbons (Fsp3) is 0.923. The van der Waals surface area contributed by atoms with Crippen molar-refractivity contribution in [3.8, 4) is 6.07 Å². The summed E-state index contributed by atoms with van der Waals surface area (Å²) in [4.78, 5) is 0. The summed E-state index contributed by atoms with van der Waals surface area (Å²) in [6.45, 7) is 5.68. The van der Waals surface area contributed by atoms with E-state index in [2.05, 4.69) is 18.3 Å². The number of unbranched alkanes of at least 4 members (excludes halogenated alkanes) is 2. The Kier molecular flexibility index (Phi) is 5.79. The van der Waals surface area contributed by atoms with Gasteiger partial charge in [0.05, 0.1) is 6.07 Å². The topological polar surface area (TPSA) is 45.0 Å². The van der Waals surface area contributed by atoms with Crippen molar-refractivity contribution in [3.63, 3.8) is 0 Å². The molecular formula is C13H24N2O. The van der Waals surface area contributed by atoms with Crippen molar-refractivity contribution in [2.45, 2.75) is 64.0 Å². The molecule has 1 N–H and O–H groups in total. The average Bonchev–Trinajstić information content (AvgIpc) is 3.07. The van der Waals surface area contributed by atoms with E-state index in [0.717, 1.165) is 19.4 Å². The van der Waals surface area contributed by atoms with Gasteiger partial charge in [0, 0.05) is 25.7 Å². The van der Waals surface area contributed by atoms with Crippen LogP contribution in [0.2, 0.25) is 0 Å². The van der Waals surface area contributed by atoms with Crippen LogP contribution >= 0.6 is 0 Å². The van der Waals surface area contributed by atoms with Crippen molar-refractivity contribution in [1.82, 2.24) is 5.32 Å². The van der Waals surface area contributed by atoms with E-state index in [0.29, 0.717) is 12.6 Å². The molecular weight excluding hydrogens is 200 g/mol. The van der Waals surface area contributed by atoms with E-state index in [1.807, 2.05) is 6.92 Å². The molecule has 0 heterocycles. The Morgan fingerprint density at radius 2 is 2.12 bits per heavy atom. The van der Waals surface area contributed by atoms with Crippen LogP contribution in [0.4, 0.5) is 0 Å². The maximum Gasteiger partial charge on any atom is 0.106 e. The molecule has 0 aromatic rings. The lowest BCUT2D eigenvalue weighted by Gasteiger charge is -2.23. The predicted molar refractivity (Wildman–Crippen MR) is 65.1 cm³/mol. The number of ether oxygens (including phenoxy) is 1. The minimum Gasteiger partial charge on any atom is -0.381 e. The molecule has 1 fully saturated rings. The van der Waals surface area contributed by atoms with Crippen LogP contribution < -0.4 is 5.32 Å². The zero-order valence-corrected chi connectivity index (χ0v) is 10.6. The largest absolute Gasteiger partial charge is 0.381 e. The number of nitriles is 1. The molecule has 0 aromatic carbocycles. The molecule has 16 heavy (non-hydrogen) atoms. The summed E-state index contributed by atoms with van der Waals surface area (Å²) in [7, 11) is 0. The molecule has 1 aliphatic carbocycles. The van der Waals surface area contributed by atoms with Gasteiger partial charge in [-0.1, -0.05) is 19.8 Å². The minimum absolute atomic E-state index is 0.397. The first kappa shape index (κ1) is 13.5. The molecule has 1 rings (SSSR count). The molecule has 0 aliphatic heterocycles. The number of nitrogens with one attached hydrogen (secondary N) is 1. The first-order valence-electron chi connectivity index (χ1n) is 6.47. The summed E-state index contributed by atoms with van der Waals surface area (Å²) < 4.78 is 5.54. The molecule has 0 spiro atoms. The molecule has 1 saturated carbocycles. The van der Waals surface area contributed by atoms with Gasteiger partial charge in [-0.3, -0.25) is 5.32 Å². The Hall–Kier alpha value is -0.590. The van der Waals surface area contributed by atoms with Gasteiger partial charge in [-0.2, -0.15) is 5.26 Å². The van der Waals surface area contributed by atoms with E-state index in [-0.39, 0.29) is 0 Å². The molecule has 0 saturated heterocycles. The Morgan fingerprint density at radius 1 is 1.38 bits per heavy atom. The highest BCUT2D eigenvalue weighted by Gasteiger charge is 2.32. The zero-order chi connectivity index (χ0) is 11.9. The van der Waals surface area contributed by atoms with E-state index in [1.54, 1.807) is 0 Å². The van der Waals surface area contributed by atoms with Crippen LogP contribution in [0.5, 0.6) is 0 Å². The van der Waals surface area contributed by atoms with Gasteiger partial charge in [0.1, 0.15) is 5.54 Å². The van der Waals surface area contributed by atoms with Gasteiger partial charge >= 0.3 is 0 Å². The number of hydrogen-bond acceptors (Lipinski definition) is 3. The van der Waals surface area contributed by atoms with Crippen LogP contribution in [0.15, 0.2) is 0 Å². The molecule has 1 atom stereocenters. The van der Waals surface area contributed by atoms with Crippen molar-refractivity contribution in [1.29, 1.82) is 5.26 Å². The van der Waals surface area contributed by atoms with Crippen molar-refractivity contribution in [2.24, 2.45) is 0 Å². The van der Waals surface area contributed by atoms with Gasteiger partial charge in [0.15, 0.2) is 0 Å². The normalized spacial score (nSPS) is 19.1. The van der Waals surface area contributed by atoms with Gasteiger partial charge < -0.3 is 4.74 Å². The van der Waals surface area contributed by atoms with Gasteiger partial charge in [0.2, 0.25) is 0 Å². The Bertz CT molecular complexity index is 233. The van der Waals surface area contributed by atoms with Gasteiger partial charge in [-0.15, -0.1) is 0 Å². The standard InChI is InChI=1S/C13H24N2O/c1-3-4-5-9-16-10-8-13(2,11-14)15-12-6-7-12/h12,15H,3-10H2,1-2H3. The highest BCUT2D eigenvalue weighted by Crippen LogP contribution is 2.23. The Balaban J connectivity index is 2.06. The van der Waals surface area contributed by atoms with E-state index < -0.39 is 5.54 Å². The molecule has 3 heteroatoms. The lowest BCUT2D eigenvalue weighted by Crippen LogP contribution is -2.43. The fourth-order valence-electron chi connectivity index (χ4n) is 1.67. The highest BCUT2D eigenvalue weighted by molar-refractivity contribution is 5.06. The van der Waals surface area contributed by atoms with Crippen LogP contribution in [0.25, 0.3) is 0 Å². The van der Waals surface area contributed by atoms with E-state index in [9.17, 15) is 0 Å². The van der Waals surface area contributed by atoms with Crippen molar-refractivity contribution < 1.29 is 4.74 Å². The quantitative estimate of drug-likeness (QED) is 0.612. The van der Waals surface area contributed by atoms with Crippen LogP contribution in [0.1, 0.15) is 52.4 Å². The first-order valence-corrected chi connectivity index (χ1v) is 6.47. The summed E-state index contributed by atoms with van der Waals surface area (Å²) in [5.41, 5.74) is -0.397. The summed E-state index contributed by atoms with van der Waals surface area (Å²) in [5.74, 6) is 0. The average molecular weight is 224 g/mol. The van der Waals surface area contributed by atoms with E-state index in [1.165, 1.54) is 25.7 Å². The number of hydrogen-bond donors (Lipinski definition) is 1. The predicted octanol–water partition coefficient (Wildman–Crippen LogP) is 2.62. The molecule has 0 aromatic heterocycles. The second kappa shape index (κ2) is 6.88. The third-order valence-corrected chi connectivity index (χ3v) is 2.99. The van der Waals surface area contributed by atoms with Gasteiger partial charge in [-0.05, 0) is 26.2 Å². The van der Waals surface area contributed by atoms with Crippen molar-refractivity contribution in [2.75, 3.05) is 13.2 Å². The fourth-order valence-corrected chi connectivity index (χ4v) is 1.67. The van der Waals surface area contributed by atoms with Crippen LogP contribution in [0.3, 0.4) is 0 Å². The lowest BCUT2D eigenvalue weighted by atomic mass is 10.0. The van der Waals surface area contributed by atoms with E-state index >= 15 is 0 Å². The summed E-state index contributed by atoms with van der Waals surface area (Å²) in [6.07, 6.45) is 6.81. The van der Waals surface area contributed by atoms with Crippen LogP contribution in [-0.2, 0) is 4.74 Å². The van der Waals surface area contributed by atoms with Gasteiger partial charge in [-0.25, -0.2) is 0 Å². The molecule has 1 aliphatic rings. The highest BCUT2D eigenvalue weighted by atomic mass is 16.5. The summed E-state index contributed by atoms with van der Waals surface area (Å²) >= 11 is 0. The molecule has 0 radical (unpaired) electrons. The second-order valence-electron chi connectivity index (χ2n) is 4.93. The maximum atomic E-state index is 9.13.